The van der Waals surface area contributed by atoms with Crippen LogP contribution in [0.3, 0.4) is 0 Å². The lowest BCUT2D eigenvalue weighted by atomic mass is 10.3. The van der Waals surface area contributed by atoms with Gasteiger partial charge in [0.2, 0.25) is 0 Å². The van der Waals surface area contributed by atoms with E-state index in [4.69, 9.17) is 17.3 Å². The van der Waals surface area contributed by atoms with Gasteiger partial charge in [0.15, 0.2) is 0 Å². The highest BCUT2D eigenvalue weighted by Gasteiger charge is 2.03. The van der Waals surface area contributed by atoms with Gasteiger partial charge in [-0.1, -0.05) is 11.6 Å². The maximum Gasteiger partial charge on any atom is 0.0530 e. The minimum atomic E-state index is 0.714. The summed E-state index contributed by atoms with van der Waals surface area (Å²) in [6.45, 7) is 2.96. The van der Waals surface area contributed by atoms with Gasteiger partial charge in [-0.25, -0.2) is 0 Å². The third kappa shape index (κ3) is 3.17. The van der Waals surface area contributed by atoms with Gasteiger partial charge in [0, 0.05) is 39.7 Å². The van der Waals surface area contributed by atoms with E-state index >= 15 is 0 Å². The molecule has 0 unspecified atom stereocenters. The van der Waals surface area contributed by atoms with Crippen molar-refractivity contribution in [1.82, 2.24) is 9.78 Å². The molecule has 1 aromatic heterocycles. The van der Waals surface area contributed by atoms with Gasteiger partial charge in [0.1, 0.15) is 0 Å². The van der Waals surface area contributed by atoms with Crippen molar-refractivity contribution in [2.75, 3.05) is 5.73 Å². The van der Waals surface area contributed by atoms with Crippen molar-refractivity contribution in [3.8, 4) is 0 Å². The van der Waals surface area contributed by atoms with E-state index in [0.717, 1.165) is 22.9 Å². The standard InChI is InChI=1S/C12H14ClN3S/c1-2-16-7-9(6-15-16)8-17-12-5-10(13)3-4-11(12)14/h3-7H,2,8,14H2,1H3. The monoisotopic (exact) mass is 267 g/mol. The molecule has 3 nitrogen and oxygen atoms in total. The molecule has 0 aliphatic heterocycles. The smallest absolute Gasteiger partial charge is 0.0530 e. The van der Waals surface area contributed by atoms with Gasteiger partial charge in [0.05, 0.1) is 6.20 Å². The Morgan fingerprint density at radius 3 is 3.00 bits per heavy atom. The summed E-state index contributed by atoms with van der Waals surface area (Å²) in [5, 5.41) is 4.95. The summed E-state index contributed by atoms with van der Waals surface area (Å²) in [4.78, 5) is 1.02. The number of halogens is 1. The molecule has 0 radical (unpaired) electrons. The van der Waals surface area contributed by atoms with Gasteiger partial charge in [-0.2, -0.15) is 5.10 Å². The topological polar surface area (TPSA) is 43.8 Å². The van der Waals surface area contributed by atoms with Crippen LogP contribution in [0.5, 0.6) is 0 Å². The molecule has 0 fully saturated rings. The van der Waals surface area contributed by atoms with Crippen molar-refractivity contribution < 1.29 is 0 Å². The summed E-state index contributed by atoms with van der Waals surface area (Å²) < 4.78 is 1.91. The third-order valence-corrected chi connectivity index (χ3v) is 3.76. The second kappa shape index (κ2) is 5.47. The number of rotatable bonds is 4. The fourth-order valence-corrected chi connectivity index (χ4v) is 2.60. The second-order valence-corrected chi connectivity index (χ2v) is 5.13. The number of anilines is 1. The highest BCUT2D eigenvalue weighted by atomic mass is 35.5. The van der Waals surface area contributed by atoms with E-state index in [9.17, 15) is 0 Å². The Morgan fingerprint density at radius 2 is 2.29 bits per heavy atom. The minimum absolute atomic E-state index is 0.714. The molecule has 0 aliphatic carbocycles. The van der Waals surface area contributed by atoms with Gasteiger partial charge in [0.25, 0.3) is 0 Å². The number of thioether (sulfide) groups is 1. The van der Waals surface area contributed by atoms with Crippen LogP contribution in [0.25, 0.3) is 0 Å². The maximum absolute atomic E-state index is 5.94. The molecule has 0 amide bonds. The van der Waals surface area contributed by atoms with Crippen LogP contribution < -0.4 is 5.73 Å². The first-order chi connectivity index (χ1) is 8.19. The van der Waals surface area contributed by atoms with Crippen LogP contribution in [-0.2, 0) is 12.3 Å². The zero-order valence-electron chi connectivity index (χ0n) is 9.56. The largest absolute Gasteiger partial charge is 0.398 e. The van der Waals surface area contributed by atoms with E-state index in [1.54, 1.807) is 17.8 Å². The van der Waals surface area contributed by atoms with Crippen LogP contribution in [0.15, 0.2) is 35.5 Å². The summed E-state index contributed by atoms with van der Waals surface area (Å²) in [6, 6.07) is 5.53. The van der Waals surface area contributed by atoms with Crippen LogP contribution in [0, 0.1) is 0 Å². The molecule has 1 aromatic carbocycles. The van der Waals surface area contributed by atoms with Gasteiger partial charge in [-0.05, 0) is 25.1 Å². The van der Waals surface area contributed by atoms with Crippen molar-refractivity contribution in [3.63, 3.8) is 0 Å². The molecule has 0 bridgehead atoms. The van der Waals surface area contributed by atoms with Crippen LogP contribution in [0.4, 0.5) is 5.69 Å². The number of nitrogens with two attached hydrogens (primary N) is 1. The summed E-state index contributed by atoms with van der Waals surface area (Å²) in [7, 11) is 0. The summed E-state index contributed by atoms with van der Waals surface area (Å²) in [5.41, 5.74) is 7.84. The second-order valence-electron chi connectivity index (χ2n) is 3.68. The first-order valence-electron chi connectivity index (χ1n) is 5.38. The number of benzene rings is 1. The SMILES string of the molecule is CCn1cc(CSc2cc(Cl)ccc2N)cn1. The normalized spacial score (nSPS) is 10.7. The minimum Gasteiger partial charge on any atom is -0.398 e. The van der Waals surface area contributed by atoms with Crippen molar-refractivity contribution in [2.45, 2.75) is 24.1 Å². The summed E-state index contributed by atoms with van der Waals surface area (Å²) in [6.07, 6.45) is 3.94. The Bertz CT molecular complexity index is 510. The Hall–Kier alpha value is -1.13. The van der Waals surface area contributed by atoms with Crippen molar-refractivity contribution in [2.24, 2.45) is 0 Å². The van der Waals surface area contributed by atoms with E-state index in [1.165, 1.54) is 5.56 Å². The van der Waals surface area contributed by atoms with E-state index in [0.29, 0.717) is 5.02 Å². The lowest BCUT2D eigenvalue weighted by molar-refractivity contribution is 0.659. The molecule has 90 valence electrons. The lowest BCUT2D eigenvalue weighted by Crippen LogP contribution is -1.92. The van der Waals surface area contributed by atoms with Crippen LogP contribution >= 0.6 is 23.4 Å². The zero-order valence-corrected chi connectivity index (χ0v) is 11.1. The maximum atomic E-state index is 5.94. The Labute approximate surface area is 110 Å². The van der Waals surface area contributed by atoms with E-state index in [-0.39, 0.29) is 0 Å². The Morgan fingerprint density at radius 1 is 1.47 bits per heavy atom. The van der Waals surface area contributed by atoms with E-state index in [2.05, 4.69) is 12.0 Å². The summed E-state index contributed by atoms with van der Waals surface area (Å²) in [5.74, 6) is 0.852. The molecule has 0 saturated heterocycles. The highest BCUT2D eigenvalue weighted by Crippen LogP contribution is 2.30. The average molecular weight is 268 g/mol. The molecule has 0 spiro atoms. The molecule has 0 aliphatic rings. The van der Waals surface area contributed by atoms with E-state index < -0.39 is 0 Å². The molecule has 2 aromatic rings. The molecule has 5 heteroatoms. The Balaban J connectivity index is 2.04. The first-order valence-corrected chi connectivity index (χ1v) is 6.74. The fraction of sp³-hybridized carbons (Fsp3) is 0.250. The first kappa shape index (κ1) is 12.3. The van der Waals surface area contributed by atoms with Gasteiger partial charge < -0.3 is 5.73 Å². The molecule has 17 heavy (non-hydrogen) atoms. The van der Waals surface area contributed by atoms with Crippen LogP contribution in [0.1, 0.15) is 12.5 Å². The number of nitrogens with zero attached hydrogens (tertiary/aromatic N) is 2. The van der Waals surface area contributed by atoms with Crippen LogP contribution in [-0.4, -0.2) is 9.78 Å². The Kier molecular flexibility index (Phi) is 3.97. The molecule has 0 atom stereocenters. The molecular weight excluding hydrogens is 254 g/mol. The zero-order chi connectivity index (χ0) is 12.3. The van der Waals surface area contributed by atoms with Gasteiger partial charge >= 0.3 is 0 Å². The molecular formula is C12H14ClN3S. The lowest BCUT2D eigenvalue weighted by Gasteiger charge is -2.04. The fourth-order valence-electron chi connectivity index (χ4n) is 1.45. The molecule has 1 heterocycles. The number of aromatic nitrogens is 2. The average Bonchev–Trinajstić information content (AvgIpc) is 2.78. The molecule has 2 N–H and O–H groups in total. The molecule has 0 saturated carbocycles. The predicted octanol–water partition coefficient (Wildman–Crippen LogP) is 3.43. The number of nitrogen functional groups attached to an aromatic ring is 1. The number of hydrogen-bond acceptors (Lipinski definition) is 3. The predicted molar refractivity (Wildman–Crippen MR) is 73.3 cm³/mol. The van der Waals surface area contributed by atoms with Crippen molar-refractivity contribution >= 4 is 29.1 Å². The number of aryl methyl sites for hydroxylation is 1. The summed E-state index contributed by atoms with van der Waals surface area (Å²) >= 11 is 7.62. The van der Waals surface area contributed by atoms with Crippen molar-refractivity contribution in [1.29, 1.82) is 0 Å². The van der Waals surface area contributed by atoms with Crippen molar-refractivity contribution in [3.05, 3.63) is 41.2 Å². The third-order valence-electron chi connectivity index (χ3n) is 2.38. The quantitative estimate of drug-likeness (QED) is 0.682. The van der Waals surface area contributed by atoms with Crippen LogP contribution in [0.2, 0.25) is 5.02 Å². The van der Waals surface area contributed by atoms with Gasteiger partial charge in [-0.15, -0.1) is 11.8 Å². The highest BCUT2D eigenvalue weighted by molar-refractivity contribution is 7.98. The van der Waals surface area contributed by atoms with Gasteiger partial charge in [-0.3, -0.25) is 4.68 Å². The molecule has 2 rings (SSSR count). The number of hydrogen-bond donors (Lipinski definition) is 1. The van der Waals surface area contributed by atoms with E-state index in [1.807, 2.05) is 29.2 Å².